The van der Waals surface area contributed by atoms with E-state index >= 15 is 0 Å². The van der Waals surface area contributed by atoms with E-state index in [0.717, 1.165) is 5.56 Å². The Balaban J connectivity index is 2.19. The van der Waals surface area contributed by atoms with Gasteiger partial charge in [0, 0.05) is 16.7 Å². The van der Waals surface area contributed by atoms with Crippen LogP contribution in [0.25, 0.3) is 22.6 Å². The highest BCUT2D eigenvalue weighted by atomic mass is 35.5. The number of halogens is 1. The van der Waals surface area contributed by atoms with Gasteiger partial charge >= 0.3 is 0 Å². The Labute approximate surface area is 155 Å². The molecular weight excluding hydrogens is 358 g/mol. The molecule has 1 N–H and O–H groups in total. The second-order valence-electron chi connectivity index (χ2n) is 5.41. The van der Waals surface area contributed by atoms with Crippen LogP contribution in [0.4, 0.5) is 0 Å². The normalized spacial score (nSPS) is 10.7. The van der Waals surface area contributed by atoms with Gasteiger partial charge in [0.2, 0.25) is 0 Å². The molecule has 0 unspecified atom stereocenters. The lowest BCUT2D eigenvalue weighted by molar-refractivity contribution is 0.281. The van der Waals surface area contributed by atoms with Crippen LogP contribution < -0.4 is 14.2 Å². The summed E-state index contributed by atoms with van der Waals surface area (Å²) in [5, 5.41) is 14.6. The van der Waals surface area contributed by atoms with E-state index in [0.29, 0.717) is 44.9 Å². The fourth-order valence-electron chi connectivity index (χ4n) is 2.74. The van der Waals surface area contributed by atoms with E-state index in [1.165, 1.54) is 7.11 Å². The van der Waals surface area contributed by atoms with Gasteiger partial charge in [-0.3, -0.25) is 0 Å². The Morgan fingerprint density at radius 3 is 2.31 bits per heavy atom. The van der Waals surface area contributed by atoms with Crippen LogP contribution in [0.5, 0.6) is 17.2 Å². The molecule has 26 heavy (non-hydrogen) atoms. The summed E-state index contributed by atoms with van der Waals surface area (Å²) in [6, 6.07) is 10.6. The van der Waals surface area contributed by atoms with E-state index in [-0.39, 0.29) is 6.61 Å². The van der Waals surface area contributed by atoms with E-state index in [1.807, 2.05) is 12.1 Å². The molecule has 0 amide bonds. The molecule has 0 aliphatic rings. The lowest BCUT2D eigenvalue weighted by Gasteiger charge is -2.13. The van der Waals surface area contributed by atoms with E-state index in [1.54, 1.807) is 38.5 Å². The van der Waals surface area contributed by atoms with Crippen LogP contribution in [0, 0.1) is 0 Å². The molecule has 0 radical (unpaired) electrons. The minimum Gasteiger partial charge on any atom is -0.496 e. The Kier molecular flexibility index (Phi) is 5.35. The molecule has 3 rings (SSSR count). The van der Waals surface area contributed by atoms with Crippen LogP contribution in [0.3, 0.4) is 0 Å². The quantitative estimate of drug-likeness (QED) is 0.696. The van der Waals surface area contributed by atoms with E-state index < -0.39 is 0 Å². The molecule has 7 heteroatoms. The first kappa shape index (κ1) is 18.1. The smallest absolute Gasteiger partial charge is 0.176 e. The molecule has 136 valence electrons. The molecule has 0 saturated carbocycles. The van der Waals surface area contributed by atoms with Crippen molar-refractivity contribution >= 4 is 11.6 Å². The molecule has 0 atom stereocenters. The minimum absolute atomic E-state index is 0.266. The van der Waals surface area contributed by atoms with Gasteiger partial charge in [-0.1, -0.05) is 28.9 Å². The molecule has 3 aromatic rings. The highest BCUT2D eigenvalue weighted by Gasteiger charge is 2.23. The maximum absolute atomic E-state index is 9.94. The number of nitrogens with zero attached hydrogens (tertiary/aromatic N) is 1. The van der Waals surface area contributed by atoms with Gasteiger partial charge in [-0.15, -0.1) is 0 Å². The number of hydrogen-bond donors (Lipinski definition) is 1. The zero-order valence-corrected chi connectivity index (χ0v) is 15.3. The fraction of sp³-hybridized carbons (Fsp3) is 0.211. The van der Waals surface area contributed by atoms with Crippen molar-refractivity contribution < 1.29 is 23.8 Å². The SMILES string of the molecule is COc1cc(OC)c(-c2onc(-c3cccc(Cl)c3)c2CO)cc1OC. The summed E-state index contributed by atoms with van der Waals surface area (Å²) in [5.74, 6) is 1.92. The third-order valence-electron chi connectivity index (χ3n) is 3.99. The number of benzene rings is 2. The topological polar surface area (TPSA) is 74.0 Å². The van der Waals surface area contributed by atoms with Crippen molar-refractivity contribution in [2.75, 3.05) is 21.3 Å². The molecule has 0 aliphatic heterocycles. The second-order valence-corrected chi connectivity index (χ2v) is 5.85. The first-order valence-corrected chi connectivity index (χ1v) is 8.16. The van der Waals surface area contributed by atoms with Gasteiger partial charge in [0.15, 0.2) is 17.3 Å². The van der Waals surface area contributed by atoms with Crippen LogP contribution in [-0.2, 0) is 6.61 Å². The zero-order chi connectivity index (χ0) is 18.7. The number of aliphatic hydroxyl groups is 1. The van der Waals surface area contributed by atoms with E-state index in [4.69, 9.17) is 30.3 Å². The van der Waals surface area contributed by atoms with E-state index in [9.17, 15) is 5.11 Å². The molecular formula is C19H18ClNO5. The molecule has 0 saturated heterocycles. The van der Waals surface area contributed by atoms with Gasteiger partial charge < -0.3 is 23.8 Å². The van der Waals surface area contributed by atoms with Crippen LogP contribution >= 0.6 is 11.6 Å². The van der Waals surface area contributed by atoms with Crippen LogP contribution in [0.2, 0.25) is 5.02 Å². The van der Waals surface area contributed by atoms with Crippen LogP contribution in [0.1, 0.15) is 5.56 Å². The molecule has 1 aromatic heterocycles. The van der Waals surface area contributed by atoms with Crippen molar-refractivity contribution in [2.45, 2.75) is 6.61 Å². The monoisotopic (exact) mass is 375 g/mol. The van der Waals surface area contributed by atoms with Gasteiger partial charge in [-0.2, -0.15) is 0 Å². The first-order chi connectivity index (χ1) is 12.6. The van der Waals surface area contributed by atoms with Crippen molar-refractivity contribution in [2.24, 2.45) is 0 Å². The Hall–Kier alpha value is -2.70. The third-order valence-corrected chi connectivity index (χ3v) is 4.23. The number of hydrogen-bond acceptors (Lipinski definition) is 6. The molecule has 6 nitrogen and oxygen atoms in total. The maximum atomic E-state index is 9.94. The summed E-state index contributed by atoms with van der Waals surface area (Å²) in [6.07, 6.45) is 0. The van der Waals surface area contributed by atoms with Crippen molar-refractivity contribution in [3.8, 4) is 39.8 Å². The number of methoxy groups -OCH3 is 3. The lowest BCUT2D eigenvalue weighted by Crippen LogP contribution is -1.96. The molecule has 0 aliphatic carbocycles. The highest BCUT2D eigenvalue weighted by Crippen LogP contribution is 2.43. The number of ether oxygens (including phenoxy) is 3. The van der Waals surface area contributed by atoms with Gasteiger partial charge in [0.25, 0.3) is 0 Å². The Morgan fingerprint density at radius 1 is 1.00 bits per heavy atom. The van der Waals surface area contributed by atoms with Gasteiger partial charge in [-0.05, 0) is 18.2 Å². The zero-order valence-electron chi connectivity index (χ0n) is 14.6. The standard InChI is InChI=1S/C19H18ClNO5/c1-23-15-9-17(25-3)16(24-2)8-13(15)19-14(10-22)18(21-26-19)11-5-4-6-12(20)7-11/h4-9,22H,10H2,1-3H3. The first-order valence-electron chi connectivity index (χ1n) is 7.78. The summed E-state index contributed by atoms with van der Waals surface area (Å²) in [6.45, 7) is -0.266. The lowest BCUT2D eigenvalue weighted by atomic mass is 10.0. The number of aromatic nitrogens is 1. The average Bonchev–Trinajstić information content (AvgIpc) is 3.10. The number of aliphatic hydroxyl groups excluding tert-OH is 1. The van der Waals surface area contributed by atoms with Crippen molar-refractivity contribution in [3.63, 3.8) is 0 Å². The summed E-state index contributed by atoms with van der Waals surface area (Å²) in [4.78, 5) is 0. The van der Waals surface area contributed by atoms with Gasteiger partial charge in [0.1, 0.15) is 11.4 Å². The summed E-state index contributed by atoms with van der Waals surface area (Å²) in [7, 11) is 4.62. The predicted molar refractivity (Wildman–Crippen MR) is 98.0 cm³/mol. The molecule has 0 bridgehead atoms. The minimum atomic E-state index is -0.266. The number of rotatable bonds is 6. The summed E-state index contributed by atoms with van der Waals surface area (Å²) in [5.41, 5.74) is 2.38. The van der Waals surface area contributed by atoms with Crippen molar-refractivity contribution in [1.29, 1.82) is 0 Å². The Morgan fingerprint density at radius 2 is 1.69 bits per heavy atom. The largest absolute Gasteiger partial charge is 0.496 e. The summed E-state index contributed by atoms with van der Waals surface area (Å²) < 4.78 is 21.7. The second kappa shape index (κ2) is 7.68. The van der Waals surface area contributed by atoms with Crippen molar-refractivity contribution in [3.05, 3.63) is 47.0 Å². The third kappa shape index (κ3) is 3.21. The summed E-state index contributed by atoms with van der Waals surface area (Å²) >= 11 is 6.06. The molecule has 0 fully saturated rings. The molecule has 2 aromatic carbocycles. The van der Waals surface area contributed by atoms with E-state index in [2.05, 4.69) is 5.16 Å². The molecule has 0 spiro atoms. The fourth-order valence-corrected chi connectivity index (χ4v) is 2.93. The average molecular weight is 376 g/mol. The van der Waals surface area contributed by atoms with Crippen molar-refractivity contribution in [1.82, 2.24) is 5.16 Å². The van der Waals surface area contributed by atoms with Gasteiger partial charge in [0.05, 0.1) is 39.1 Å². The Bertz CT molecular complexity index is 922. The van der Waals surface area contributed by atoms with Crippen LogP contribution in [-0.4, -0.2) is 31.6 Å². The maximum Gasteiger partial charge on any atom is 0.176 e. The molecule has 1 heterocycles. The highest BCUT2D eigenvalue weighted by molar-refractivity contribution is 6.30. The predicted octanol–water partition coefficient (Wildman–Crippen LogP) is 4.18. The van der Waals surface area contributed by atoms with Gasteiger partial charge in [-0.25, -0.2) is 0 Å². The van der Waals surface area contributed by atoms with Crippen LogP contribution in [0.15, 0.2) is 40.9 Å².